The Labute approximate surface area is 135 Å². The molecule has 0 saturated heterocycles. The van der Waals surface area contributed by atoms with Gasteiger partial charge in [0, 0.05) is 4.90 Å². The van der Waals surface area contributed by atoms with Gasteiger partial charge in [-0.2, -0.15) is 0 Å². The summed E-state index contributed by atoms with van der Waals surface area (Å²) < 4.78 is 13.6. The van der Waals surface area contributed by atoms with Crippen LogP contribution in [0.4, 0.5) is 0 Å². The van der Waals surface area contributed by atoms with Crippen molar-refractivity contribution in [2.45, 2.75) is 29.9 Å². The number of hydrogen-bond acceptors (Lipinski definition) is 4. The number of benzene rings is 1. The zero-order valence-corrected chi connectivity index (χ0v) is 14.8. The molecule has 1 aromatic carbocycles. The van der Waals surface area contributed by atoms with Crippen LogP contribution in [0.5, 0.6) is 11.5 Å². The molecule has 0 atom stereocenters. The molecule has 1 aliphatic heterocycles. The summed E-state index contributed by atoms with van der Waals surface area (Å²) >= 11 is 7.01. The van der Waals surface area contributed by atoms with Crippen molar-refractivity contribution in [1.29, 1.82) is 0 Å². The SMILES string of the molecule is Cc1cc(C)c(Sc2sc(Br)c3c2OCCO3)c(C)c1. The summed E-state index contributed by atoms with van der Waals surface area (Å²) in [6.45, 7) is 7.70. The molecule has 106 valence electrons. The van der Waals surface area contributed by atoms with Crippen LogP contribution in [0.25, 0.3) is 0 Å². The summed E-state index contributed by atoms with van der Waals surface area (Å²) in [6, 6.07) is 4.45. The molecule has 2 heterocycles. The van der Waals surface area contributed by atoms with Crippen molar-refractivity contribution in [2.24, 2.45) is 0 Å². The molecule has 1 aliphatic rings. The summed E-state index contributed by atoms with van der Waals surface area (Å²) in [5, 5.41) is 0. The number of ether oxygens (including phenoxy) is 2. The average molecular weight is 371 g/mol. The van der Waals surface area contributed by atoms with E-state index in [2.05, 4.69) is 48.8 Å². The molecule has 2 aromatic rings. The second-order valence-electron chi connectivity index (χ2n) is 4.85. The van der Waals surface area contributed by atoms with Gasteiger partial charge in [-0.1, -0.05) is 29.5 Å². The van der Waals surface area contributed by atoms with Crippen molar-refractivity contribution in [2.75, 3.05) is 13.2 Å². The van der Waals surface area contributed by atoms with Crippen LogP contribution in [0.3, 0.4) is 0 Å². The normalized spacial score (nSPS) is 13.6. The molecule has 0 spiro atoms. The molecule has 0 radical (unpaired) electrons. The van der Waals surface area contributed by atoms with Crippen molar-refractivity contribution < 1.29 is 9.47 Å². The number of thiophene rings is 1. The van der Waals surface area contributed by atoms with Crippen LogP contribution in [0.15, 0.2) is 25.0 Å². The molecule has 0 saturated carbocycles. The minimum atomic E-state index is 0.620. The number of fused-ring (bicyclic) bond motifs is 1. The standard InChI is InChI=1S/C15H15BrO2S2/c1-8-6-9(2)13(10(3)7-8)19-15-12-11(14(16)20-15)17-4-5-18-12/h6-7H,4-5H2,1-3H3. The first-order valence-corrected chi connectivity index (χ1v) is 8.82. The maximum atomic E-state index is 5.79. The van der Waals surface area contributed by atoms with Gasteiger partial charge in [0.25, 0.3) is 0 Å². The van der Waals surface area contributed by atoms with Gasteiger partial charge in [0.2, 0.25) is 0 Å². The molecule has 20 heavy (non-hydrogen) atoms. The third-order valence-electron chi connectivity index (χ3n) is 3.13. The minimum absolute atomic E-state index is 0.620. The van der Waals surface area contributed by atoms with Crippen LogP contribution in [-0.4, -0.2) is 13.2 Å². The Morgan fingerprint density at radius 2 is 1.65 bits per heavy atom. The van der Waals surface area contributed by atoms with E-state index < -0.39 is 0 Å². The van der Waals surface area contributed by atoms with Crippen molar-refractivity contribution in [3.05, 3.63) is 32.6 Å². The topological polar surface area (TPSA) is 18.5 Å². The van der Waals surface area contributed by atoms with Crippen LogP contribution < -0.4 is 9.47 Å². The van der Waals surface area contributed by atoms with Crippen LogP contribution >= 0.6 is 39.0 Å². The molecule has 3 rings (SSSR count). The van der Waals surface area contributed by atoms with E-state index in [0.717, 1.165) is 19.5 Å². The van der Waals surface area contributed by atoms with Crippen LogP contribution in [0.1, 0.15) is 16.7 Å². The molecule has 2 nitrogen and oxygen atoms in total. The highest BCUT2D eigenvalue weighted by atomic mass is 79.9. The molecule has 0 unspecified atom stereocenters. The Morgan fingerprint density at radius 3 is 2.30 bits per heavy atom. The fourth-order valence-electron chi connectivity index (χ4n) is 2.38. The fraction of sp³-hybridized carbons (Fsp3) is 0.333. The van der Waals surface area contributed by atoms with Crippen LogP contribution in [0.2, 0.25) is 0 Å². The van der Waals surface area contributed by atoms with Crippen LogP contribution in [-0.2, 0) is 0 Å². The average Bonchev–Trinajstić information content (AvgIpc) is 2.71. The smallest absolute Gasteiger partial charge is 0.187 e. The van der Waals surface area contributed by atoms with E-state index in [0.29, 0.717) is 13.2 Å². The second kappa shape index (κ2) is 5.62. The summed E-state index contributed by atoms with van der Waals surface area (Å²) in [5.41, 5.74) is 3.92. The van der Waals surface area contributed by atoms with Crippen molar-refractivity contribution >= 4 is 39.0 Å². The maximum Gasteiger partial charge on any atom is 0.187 e. The van der Waals surface area contributed by atoms with E-state index in [4.69, 9.17) is 9.47 Å². The minimum Gasteiger partial charge on any atom is -0.484 e. The van der Waals surface area contributed by atoms with Gasteiger partial charge < -0.3 is 9.47 Å². The highest BCUT2D eigenvalue weighted by Crippen LogP contribution is 2.53. The number of rotatable bonds is 2. The maximum absolute atomic E-state index is 5.79. The molecular formula is C15H15BrO2S2. The number of aryl methyl sites for hydroxylation is 3. The van der Waals surface area contributed by atoms with Gasteiger partial charge in [-0.15, -0.1) is 11.3 Å². The Balaban J connectivity index is 2.00. The van der Waals surface area contributed by atoms with Gasteiger partial charge >= 0.3 is 0 Å². The largest absolute Gasteiger partial charge is 0.484 e. The lowest BCUT2D eigenvalue weighted by Crippen LogP contribution is -2.14. The first kappa shape index (κ1) is 14.3. The first-order chi connectivity index (χ1) is 9.56. The van der Waals surface area contributed by atoms with Crippen molar-refractivity contribution in [1.82, 2.24) is 0 Å². The summed E-state index contributed by atoms with van der Waals surface area (Å²) in [5.74, 6) is 1.74. The molecule has 0 fully saturated rings. The predicted octanol–water partition coefficient (Wildman–Crippen LogP) is 5.36. The molecule has 0 amide bonds. The van der Waals surface area contributed by atoms with Crippen molar-refractivity contribution in [3.8, 4) is 11.5 Å². The van der Waals surface area contributed by atoms with Crippen LogP contribution in [0, 0.1) is 20.8 Å². The van der Waals surface area contributed by atoms with Gasteiger partial charge in [-0.3, -0.25) is 0 Å². The zero-order valence-electron chi connectivity index (χ0n) is 11.6. The molecule has 0 N–H and O–H groups in total. The molecule has 0 bridgehead atoms. The summed E-state index contributed by atoms with van der Waals surface area (Å²) in [7, 11) is 0. The van der Waals surface area contributed by atoms with Crippen molar-refractivity contribution in [3.63, 3.8) is 0 Å². The molecule has 5 heteroatoms. The summed E-state index contributed by atoms with van der Waals surface area (Å²) in [4.78, 5) is 1.31. The zero-order chi connectivity index (χ0) is 14.3. The van der Waals surface area contributed by atoms with E-state index >= 15 is 0 Å². The summed E-state index contributed by atoms with van der Waals surface area (Å²) in [6.07, 6.45) is 0. The number of halogens is 1. The first-order valence-electron chi connectivity index (χ1n) is 6.40. The Morgan fingerprint density at radius 1 is 1.05 bits per heavy atom. The van der Waals surface area contributed by atoms with Gasteiger partial charge in [-0.25, -0.2) is 0 Å². The molecule has 0 aliphatic carbocycles. The second-order valence-corrected chi connectivity index (χ2v) is 8.47. The van der Waals surface area contributed by atoms with E-state index in [1.165, 1.54) is 21.6 Å². The van der Waals surface area contributed by atoms with E-state index in [1.54, 1.807) is 23.1 Å². The Kier molecular flexibility index (Phi) is 4.02. The Hall–Kier alpha value is -0.650. The highest BCUT2D eigenvalue weighted by Gasteiger charge is 2.24. The highest BCUT2D eigenvalue weighted by molar-refractivity contribution is 9.11. The molecular weight excluding hydrogens is 356 g/mol. The van der Waals surface area contributed by atoms with E-state index in [9.17, 15) is 0 Å². The molecule has 1 aromatic heterocycles. The van der Waals surface area contributed by atoms with E-state index in [1.807, 2.05) is 0 Å². The lowest BCUT2D eigenvalue weighted by atomic mass is 10.1. The van der Waals surface area contributed by atoms with Gasteiger partial charge in [0.1, 0.15) is 21.2 Å². The lowest BCUT2D eigenvalue weighted by molar-refractivity contribution is 0.169. The van der Waals surface area contributed by atoms with E-state index in [-0.39, 0.29) is 0 Å². The quantitative estimate of drug-likeness (QED) is 0.708. The third-order valence-corrected chi connectivity index (χ3v) is 6.43. The van der Waals surface area contributed by atoms with Gasteiger partial charge in [0.05, 0.1) is 0 Å². The predicted molar refractivity (Wildman–Crippen MR) is 87.8 cm³/mol. The number of hydrogen-bond donors (Lipinski definition) is 0. The van der Waals surface area contributed by atoms with Gasteiger partial charge in [-0.05, 0) is 47.8 Å². The fourth-order valence-corrected chi connectivity index (χ4v) is 5.67. The monoisotopic (exact) mass is 370 g/mol. The van der Waals surface area contributed by atoms with Gasteiger partial charge in [0.15, 0.2) is 11.5 Å². The Bertz CT molecular complexity index is 641. The lowest BCUT2D eigenvalue weighted by Gasteiger charge is -2.17. The third kappa shape index (κ3) is 2.59.